The zero-order valence-corrected chi connectivity index (χ0v) is 15.0. The first kappa shape index (κ1) is 17.9. The number of ether oxygens (including phenoxy) is 2. The summed E-state index contributed by atoms with van der Waals surface area (Å²) >= 11 is 0.718. The molecule has 0 aliphatic heterocycles. The molecule has 1 saturated carbocycles. The van der Waals surface area contributed by atoms with Crippen LogP contribution in [0.3, 0.4) is 0 Å². The lowest BCUT2D eigenvalue weighted by Crippen LogP contribution is -2.34. The molecule has 23 heavy (non-hydrogen) atoms. The van der Waals surface area contributed by atoms with Crippen LogP contribution in [-0.2, 0) is 19.5 Å². The number of nitrogens with one attached hydrogen (secondary N) is 1. The topological polar surface area (TPSA) is 98.8 Å². The molecule has 0 aromatic carbocycles. The maximum Gasteiger partial charge on any atom is 0.348 e. The van der Waals surface area contributed by atoms with Crippen LogP contribution in [0.15, 0.2) is 4.21 Å². The van der Waals surface area contributed by atoms with Crippen LogP contribution in [0.2, 0.25) is 0 Å². The van der Waals surface area contributed by atoms with Gasteiger partial charge in [0.2, 0.25) is 0 Å². The van der Waals surface area contributed by atoms with Gasteiger partial charge in [-0.25, -0.2) is 22.7 Å². The van der Waals surface area contributed by atoms with Gasteiger partial charge in [-0.15, -0.1) is 11.3 Å². The Morgan fingerprint density at radius 2 is 1.78 bits per heavy atom. The minimum absolute atomic E-state index is 0.0763. The molecule has 7 nitrogen and oxygen atoms in total. The Balaban J connectivity index is 2.50. The minimum Gasteiger partial charge on any atom is -0.465 e. The number of esters is 2. The molecule has 1 atom stereocenters. The normalized spacial score (nSPS) is 16.0. The summed E-state index contributed by atoms with van der Waals surface area (Å²) in [6.07, 6.45) is 1.95. The van der Waals surface area contributed by atoms with Crippen molar-refractivity contribution in [2.45, 2.75) is 36.9 Å². The number of carbonyl (C=O) groups is 2. The second-order valence-corrected chi connectivity index (χ2v) is 8.38. The average molecular weight is 361 g/mol. The Hall–Kier alpha value is -1.45. The van der Waals surface area contributed by atoms with Crippen LogP contribution in [0, 0.1) is 12.8 Å². The molecule has 1 aromatic heterocycles. The molecular weight excluding hydrogens is 342 g/mol. The van der Waals surface area contributed by atoms with E-state index in [1.807, 2.05) is 0 Å². The predicted octanol–water partition coefficient (Wildman–Crippen LogP) is 1.71. The van der Waals surface area contributed by atoms with Crippen molar-refractivity contribution in [1.29, 1.82) is 0 Å². The van der Waals surface area contributed by atoms with E-state index in [2.05, 4.69) is 14.2 Å². The van der Waals surface area contributed by atoms with Crippen molar-refractivity contribution >= 4 is 33.3 Å². The summed E-state index contributed by atoms with van der Waals surface area (Å²) in [5.74, 6) is -1.17. The molecule has 1 aromatic rings. The summed E-state index contributed by atoms with van der Waals surface area (Å²) in [4.78, 5) is 23.9. The third kappa shape index (κ3) is 3.56. The van der Waals surface area contributed by atoms with E-state index >= 15 is 0 Å². The summed E-state index contributed by atoms with van der Waals surface area (Å²) in [6.45, 7) is 3.28. The van der Waals surface area contributed by atoms with E-state index in [9.17, 15) is 18.0 Å². The fourth-order valence-electron chi connectivity index (χ4n) is 2.29. The van der Waals surface area contributed by atoms with E-state index in [0.29, 0.717) is 5.92 Å². The molecule has 1 aliphatic rings. The molecule has 1 aliphatic carbocycles. The van der Waals surface area contributed by atoms with E-state index in [4.69, 9.17) is 0 Å². The second kappa shape index (κ2) is 6.58. The van der Waals surface area contributed by atoms with Gasteiger partial charge in [-0.3, -0.25) is 0 Å². The molecule has 0 unspecified atom stereocenters. The number of sulfonamides is 1. The largest absolute Gasteiger partial charge is 0.465 e. The highest BCUT2D eigenvalue weighted by molar-refractivity contribution is 7.91. The molecule has 9 heteroatoms. The zero-order chi connectivity index (χ0) is 17.4. The first-order valence-corrected chi connectivity index (χ1v) is 9.35. The lowest BCUT2D eigenvalue weighted by molar-refractivity contribution is 0.0596. The number of carbonyl (C=O) groups excluding carboxylic acids is 2. The molecule has 1 fully saturated rings. The molecule has 1 heterocycles. The van der Waals surface area contributed by atoms with E-state index in [1.165, 1.54) is 14.0 Å². The highest BCUT2D eigenvalue weighted by atomic mass is 32.2. The smallest absolute Gasteiger partial charge is 0.348 e. The monoisotopic (exact) mass is 361 g/mol. The fraction of sp³-hybridized carbons (Fsp3) is 0.571. The summed E-state index contributed by atoms with van der Waals surface area (Å²) in [5, 5.41) is 0. The quantitative estimate of drug-likeness (QED) is 0.775. The molecule has 0 amide bonds. The van der Waals surface area contributed by atoms with Gasteiger partial charge in [0.1, 0.15) is 4.88 Å². The number of hydrogen-bond acceptors (Lipinski definition) is 7. The van der Waals surface area contributed by atoms with Crippen LogP contribution in [0.5, 0.6) is 0 Å². The van der Waals surface area contributed by atoms with Gasteiger partial charge in [-0.2, -0.15) is 0 Å². The molecule has 2 rings (SSSR count). The third-order valence-electron chi connectivity index (χ3n) is 3.79. The third-order valence-corrected chi connectivity index (χ3v) is 7.14. The van der Waals surface area contributed by atoms with Gasteiger partial charge in [-0.05, 0) is 38.2 Å². The van der Waals surface area contributed by atoms with E-state index in [1.54, 1.807) is 6.92 Å². The molecule has 1 N–H and O–H groups in total. The highest BCUT2D eigenvalue weighted by Crippen LogP contribution is 2.36. The van der Waals surface area contributed by atoms with Crippen molar-refractivity contribution in [1.82, 2.24) is 4.72 Å². The van der Waals surface area contributed by atoms with Crippen molar-refractivity contribution in [3.63, 3.8) is 0 Å². The van der Waals surface area contributed by atoms with Crippen LogP contribution >= 0.6 is 11.3 Å². The van der Waals surface area contributed by atoms with Gasteiger partial charge in [-0.1, -0.05) is 0 Å². The Kier molecular flexibility index (Phi) is 5.12. The van der Waals surface area contributed by atoms with Gasteiger partial charge in [0.05, 0.1) is 19.8 Å². The molecular formula is C14H19NO6S2. The van der Waals surface area contributed by atoms with Gasteiger partial charge in [0.15, 0.2) is 4.21 Å². The van der Waals surface area contributed by atoms with Crippen molar-refractivity contribution in [2.24, 2.45) is 5.92 Å². The Morgan fingerprint density at radius 1 is 1.22 bits per heavy atom. The van der Waals surface area contributed by atoms with Gasteiger partial charge < -0.3 is 9.47 Å². The predicted molar refractivity (Wildman–Crippen MR) is 84.2 cm³/mol. The SMILES string of the molecule is COC(=O)c1sc(S(=O)(=O)N[C@H](C)C2CC2)c(C(=O)OC)c1C. The lowest BCUT2D eigenvalue weighted by atomic mass is 10.2. The highest BCUT2D eigenvalue weighted by Gasteiger charge is 2.36. The maximum atomic E-state index is 12.6. The average Bonchev–Trinajstić information content (AvgIpc) is 3.28. The number of rotatable bonds is 6. The summed E-state index contributed by atoms with van der Waals surface area (Å²) < 4.78 is 36.9. The Morgan fingerprint density at radius 3 is 2.26 bits per heavy atom. The number of methoxy groups -OCH3 is 2. The van der Waals surface area contributed by atoms with Gasteiger partial charge in [0.25, 0.3) is 10.0 Å². The first-order valence-electron chi connectivity index (χ1n) is 7.05. The fourth-order valence-corrected chi connectivity index (χ4v) is 5.37. The number of thiophene rings is 1. The minimum atomic E-state index is -3.93. The summed E-state index contributed by atoms with van der Waals surface area (Å²) in [6, 6.07) is -0.227. The van der Waals surface area contributed by atoms with Crippen molar-refractivity contribution in [2.75, 3.05) is 14.2 Å². The van der Waals surface area contributed by atoms with Crippen LogP contribution in [-0.4, -0.2) is 40.6 Å². The maximum absolute atomic E-state index is 12.6. The van der Waals surface area contributed by atoms with Crippen LogP contribution < -0.4 is 4.72 Å². The van der Waals surface area contributed by atoms with Gasteiger partial charge in [0, 0.05) is 6.04 Å². The van der Waals surface area contributed by atoms with E-state index < -0.39 is 22.0 Å². The Labute approximate surface area is 139 Å². The second-order valence-electron chi connectivity index (χ2n) is 5.45. The molecule has 0 saturated heterocycles. The standard InChI is InChI=1S/C14H19NO6S2/c1-7-10(12(16)20-3)14(22-11(7)13(17)21-4)23(18,19)15-8(2)9-5-6-9/h8-9,15H,5-6H2,1-4H3/t8-/m1/s1. The van der Waals surface area contributed by atoms with Crippen LogP contribution in [0.25, 0.3) is 0 Å². The van der Waals surface area contributed by atoms with Crippen molar-refractivity contribution < 1.29 is 27.5 Å². The first-order chi connectivity index (χ1) is 10.7. The van der Waals surface area contributed by atoms with E-state index in [-0.39, 0.29) is 26.3 Å². The Bertz CT molecular complexity index is 733. The number of hydrogen-bond donors (Lipinski definition) is 1. The lowest BCUT2D eigenvalue weighted by Gasteiger charge is -2.13. The molecule has 0 bridgehead atoms. The molecule has 128 valence electrons. The van der Waals surface area contributed by atoms with E-state index in [0.717, 1.165) is 31.3 Å². The van der Waals surface area contributed by atoms with Crippen LogP contribution in [0.4, 0.5) is 0 Å². The van der Waals surface area contributed by atoms with Crippen molar-refractivity contribution in [3.05, 3.63) is 16.0 Å². The van der Waals surface area contributed by atoms with Gasteiger partial charge >= 0.3 is 11.9 Å². The van der Waals surface area contributed by atoms with Crippen LogP contribution in [0.1, 0.15) is 45.4 Å². The molecule has 0 spiro atoms. The summed E-state index contributed by atoms with van der Waals surface area (Å²) in [5.41, 5.74) is 0.126. The zero-order valence-electron chi connectivity index (χ0n) is 13.3. The van der Waals surface area contributed by atoms with Crippen molar-refractivity contribution in [3.8, 4) is 0 Å². The molecule has 0 radical (unpaired) electrons. The summed E-state index contributed by atoms with van der Waals surface area (Å²) in [7, 11) is -1.58.